The lowest BCUT2D eigenvalue weighted by atomic mass is 9.92. The second kappa shape index (κ2) is 2.67. The van der Waals surface area contributed by atoms with E-state index in [1.165, 1.54) is 0 Å². The molecule has 3 atom stereocenters. The second-order valence-electron chi connectivity index (χ2n) is 3.41. The Morgan fingerprint density at radius 3 is 2.67 bits per heavy atom. The highest BCUT2D eigenvalue weighted by atomic mass is 16.7. The molecule has 1 saturated carbocycles. The van der Waals surface area contributed by atoms with E-state index in [1.54, 1.807) is 14.2 Å². The molecule has 1 N–H and O–H groups in total. The van der Waals surface area contributed by atoms with E-state index in [2.05, 4.69) is 0 Å². The van der Waals surface area contributed by atoms with Crippen molar-refractivity contribution in [3.05, 3.63) is 0 Å². The number of methoxy groups -OCH3 is 2. The monoisotopic (exact) mass is 174 g/mol. The summed E-state index contributed by atoms with van der Waals surface area (Å²) in [6.07, 6.45) is 0.999. The molecule has 12 heavy (non-hydrogen) atoms. The van der Waals surface area contributed by atoms with Crippen LogP contribution in [0.2, 0.25) is 0 Å². The van der Waals surface area contributed by atoms with Crippen molar-refractivity contribution in [3.63, 3.8) is 0 Å². The van der Waals surface area contributed by atoms with Gasteiger partial charge in [0.1, 0.15) is 6.10 Å². The number of epoxide rings is 1. The Balaban J connectivity index is 2.12. The van der Waals surface area contributed by atoms with Gasteiger partial charge in [0, 0.05) is 27.1 Å². The van der Waals surface area contributed by atoms with Gasteiger partial charge >= 0.3 is 0 Å². The van der Waals surface area contributed by atoms with Crippen LogP contribution in [0.5, 0.6) is 0 Å². The lowest BCUT2D eigenvalue weighted by molar-refractivity contribution is -0.237. The average molecular weight is 174 g/mol. The van der Waals surface area contributed by atoms with Gasteiger partial charge in [-0.3, -0.25) is 0 Å². The first-order chi connectivity index (χ1) is 5.72. The largest absolute Gasteiger partial charge is 0.393 e. The molecule has 0 radical (unpaired) electrons. The molecule has 4 heteroatoms. The van der Waals surface area contributed by atoms with Crippen molar-refractivity contribution < 1.29 is 19.3 Å². The van der Waals surface area contributed by atoms with Gasteiger partial charge in [-0.05, 0) is 0 Å². The summed E-state index contributed by atoms with van der Waals surface area (Å²) in [4.78, 5) is 0. The van der Waals surface area contributed by atoms with Crippen LogP contribution in [0.3, 0.4) is 0 Å². The van der Waals surface area contributed by atoms with Crippen LogP contribution < -0.4 is 0 Å². The SMILES string of the molecule is COC1(OC)CC(O)CC2OC21. The summed E-state index contributed by atoms with van der Waals surface area (Å²) in [7, 11) is 3.17. The zero-order valence-corrected chi connectivity index (χ0v) is 7.32. The summed E-state index contributed by atoms with van der Waals surface area (Å²) in [6, 6.07) is 0. The topological polar surface area (TPSA) is 51.2 Å². The highest BCUT2D eigenvalue weighted by Gasteiger charge is 2.60. The van der Waals surface area contributed by atoms with Gasteiger partial charge in [-0.25, -0.2) is 0 Å². The minimum atomic E-state index is -0.706. The van der Waals surface area contributed by atoms with Crippen LogP contribution in [0.15, 0.2) is 0 Å². The van der Waals surface area contributed by atoms with Crippen molar-refractivity contribution in [3.8, 4) is 0 Å². The molecule has 3 unspecified atom stereocenters. The Labute approximate surface area is 71.4 Å². The summed E-state index contributed by atoms with van der Waals surface area (Å²) in [5.74, 6) is -0.706. The van der Waals surface area contributed by atoms with Crippen LogP contribution in [0.4, 0.5) is 0 Å². The fraction of sp³-hybridized carbons (Fsp3) is 1.00. The van der Waals surface area contributed by atoms with Crippen LogP contribution in [-0.4, -0.2) is 43.4 Å². The minimum Gasteiger partial charge on any atom is -0.393 e. The normalized spacial score (nSPS) is 43.8. The molecule has 2 aliphatic rings. The summed E-state index contributed by atoms with van der Waals surface area (Å²) in [5, 5.41) is 9.46. The molecule has 2 fully saturated rings. The Hall–Kier alpha value is -0.160. The third-order valence-corrected chi connectivity index (χ3v) is 2.73. The van der Waals surface area contributed by atoms with Crippen LogP contribution in [-0.2, 0) is 14.2 Å². The highest BCUT2D eigenvalue weighted by Crippen LogP contribution is 2.45. The van der Waals surface area contributed by atoms with Gasteiger partial charge in [-0.1, -0.05) is 0 Å². The Morgan fingerprint density at radius 2 is 2.08 bits per heavy atom. The molecule has 0 spiro atoms. The van der Waals surface area contributed by atoms with Gasteiger partial charge in [0.15, 0.2) is 5.79 Å². The molecule has 2 rings (SSSR count). The van der Waals surface area contributed by atoms with E-state index in [0.29, 0.717) is 12.8 Å². The van der Waals surface area contributed by atoms with E-state index in [9.17, 15) is 5.11 Å². The molecule has 0 amide bonds. The van der Waals surface area contributed by atoms with Gasteiger partial charge in [0.05, 0.1) is 12.2 Å². The van der Waals surface area contributed by atoms with E-state index in [1.807, 2.05) is 0 Å². The third kappa shape index (κ3) is 1.07. The third-order valence-electron chi connectivity index (χ3n) is 2.73. The van der Waals surface area contributed by atoms with Crippen molar-refractivity contribution in [1.29, 1.82) is 0 Å². The van der Waals surface area contributed by atoms with Gasteiger partial charge in [-0.15, -0.1) is 0 Å². The molecule has 0 aromatic heterocycles. The maximum atomic E-state index is 9.46. The van der Waals surface area contributed by atoms with Gasteiger partial charge in [0.2, 0.25) is 0 Å². The molecular formula is C8H14O4. The zero-order chi connectivity index (χ0) is 8.77. The molecule has 1 aliphatic carbocycles. The average Bonchev–Trinajstić information content (AvgIpc) is 2.81. The van der Waals surface area contributed by atoms with Gasteiger partial charge in [0.25, 0.3) is 0 Å². The first-order valence-electron chi connectivity index (χ1n) is 4.15. The summed E-state index contributed by atoms with van der Waals surface area (Å²) in [6.45, 7) is 0. The smallest absolute Gasteiger partial charge is 0.199 e. The highest BCUT2D eigenvalue weighted by molar-refractivity contribution is 5.03. The van der Waals surface area contributed by atoms with E-state index in [-0.39, 0.29) is 18.3 Å². The standard InChI is InChI=1S/C8H14O4/c1-10-8(11-2)4-5(9)3-6-7(8)12-6/h5-7,9H,3-4H2,1-2H3. The molecule has 1 saturated heterocycles. The molecular weight excluding hydrogens is 160 g/mol. The number of hydrogen-bond acceptors (Lipinski definition) is 4. The number of rotatable bonds is 2. The van der Waals surface area contributed by atoms with Crippen LogP contribution >= 0.6 is 0 Å². The van der Waals surface area contributed by atoms with E-state index >= 15 is 0 Å². The number of aliphatic hydroxyl groups excluding tert-OH is 1. The van der Waals surface area contributed by atoms with Crippen LogP contribution in [0.25, 0.3) is 0 Å². The number of fused-ring (bicyclic) bond motifs is 1. The summed E-state index contributed by atoms with van der Waals surface area (Å²) in [5.41, 5.74) is 0. The first-order valence-corrected chi connectivity index (χ1v) is 4.15. The van der Waals surface area contributed by atoms with Gasteiger partial charge in [-0.2, -0.15) is 0 Å². The fourth-order valence-electron chi connectivity index (χ4n) is 1.99. The maximum Gasteiger partial charge on any atom is 0.199 e. The molecule has 0 aromatic rings. The maximum absolute atomic E-state index is 9.46. The molecule has 0 bridgehead atoms. The number of aliphatic hydroxyl groups is 1. The summed E-state index contributed by atoms with van der Waals surface area (Å²) >= 11 is 0. The predicted molar refractivity (Wildman–Crippen MR) is 40.7 cm³/mol. The van der Waals surface area contributed by atoms with Crippen LogP contribution in [0, 0.1) is 0 Å². The van der Waals surface area contributed by atoms with Gasteiger partial charge < -0.3 is 19.3 Å². The molecule has 0 aromatic carbocycles. The second-order valence-corrected chi connectivity index (χ2v) is 3.41. The molecule has 1 aliphatic heterocycles. The lowest BCUT2D eigenvalue weighted by Crippen LogP contribution is -2.47. The Bertz CT molecular complexity index is 178. The molecule has 1 heterocycles. The van der Waals surface area contributed by atoms with Crippen molar-refractivity contribution in [2.45, 2.75) is 36.9 Å². The van der Waals surface area contributed by atoms with Crippen molar-refractivity contribution >= 4 is 0 Å². The zero-order valence-electron chi connectivity index (χ0n) is 7.32. The minimum absolute atomic E-state index is 0.0240. The van der Waals surface area contributed by atoms with E-state index in [4.69, 9.17) is 14.2 Å². The Morgan fingerprint density at radius 1 is 1.42 bits per heavy atom. The molecule has 4 nitrogen and oxygen atoms in total. The number of hydrogen-bond donors (Lipinski definition) is 1. The van der Waals surface area contributed by atoms with E-state index < -0.39 is 5.79 Å². The quantitative estimate of drug-likeness (QED) is 0.469. The summed E-state index contributed by atoms with van der Waals surface area (Å²) < 4.78 is 15.8. The molecule has 70 valence electrons. The number of ether oxygens (including phenoxy) is 3. The van der Waals surface area contributed by atoms with E-state index in [0.717, 1.165) is 0 Å². The fourth-order valence-corrected chi connectivity index (χ4v) is 1.99. The Kier molecular flexibility index (Phi) is 1.88. The van der Waals surface area contributed by atoms with Crippen LogP contribution in [0.1, 0.15) is 12.8 Å². The van der Waals surface area contributed by atoms with Crippen molar-refractivity contribution in [2.24, 2.45) is 0 Å². The van der Waals surface area contributed by atoms with Crippen molar-refractivity contribution in [2.75, 3.05) is 14.2 Å². The van der Waals surface area contributed by atoms with Crippen molar-refractivity contribution in [1.82, 2.24) is 0 Å². The predicted octanol–water partition coefficient (Wildman–Crippen LogP) is -0.102. The lowest BCUT2D eigenvalue weighted by Gasteiger charge is -2.33. The first kappa shape index (κ1) is 8.44.